The summed E-state index contributed by atoms with van der Waals surface area (Å²) in [5.41, 5.74) is 2.23. The maximum absolute atomic E-state index is 12.5. The van der Waals surface area contributed by atoms with Gasteiger partial charge < -0.3 is 19.7 Å². The zero-order valence-corrected chi connectivity index (χ0v) is 16.6. The highest BCUT2D eigenvalue weighted by Crippen LogP contribution is 2.36. The van der Waals surface area contributed by atoms with Crippen molar-refractivity contribution in [3.63, 3.8) is 0 Å². The van der Waals surface area contributed by atoms with Crippen molar-refractivity contribution in [2.75, 3.05) is 31.0 Å². The fourth-order valence-electron chi connectivity index (χ4n) is 2.83. The van der Waals surface area contributed by atoms with Gasteiger partial charge in [-0.15, -0.1) is 0 Å². The molecule has 0 saturated carbocycles. The molecular weight excluding hydrogens is 352 g/mol. The predicted octanol–water partition coefficient (Wildman–Crippen LogP) is 4.84. The zero-order valence-electron chi connectivity index (χ0n) is 15.8. The van der Waals surface area contributed by atoms with Crippen molar-refractivity contribution < 1.29 is 14.3 Å². The number of halogens is 1. The standard InChI is InChI=1S/C20H25ClN2O3/c1-6-23(13(2)3)16-9-7-15(8-10-16)22-20(24)14-11-17(21)19(26-5)18(12-14)25-4/h7-13H,6H2,1-5H3,(H,22,24). The van der Waals surface area contributed by atoms with E-state index >= 15 is 0 Å². The molecule has 5 nitrogen and oxygen atoms in total. The van der Waals surface area contributed by atoms with E-state index in [0.717, 1.165) is 12.2 Å². The molecule has 0 aromatic heterocycles. The summed E-state index contributed by atoms with van der Waals surface area (Å²) >= 11 is 6.17. The van der Waals surface area contributed by atoms with Crippen LogP contribution in [0.25, 0.3) is 0 Å². The molecule has 6 heteroatoms. The molecule has 140 valence electrons. The SMILES string of the molecule is CCN(c1ccc(NC(=O)c2cc(Cl)c(OC)c(OC)c2)cc1)C(C)C. The molecule has 26 heavy (non-hydrogen) atoms. The number of carbonyl (C=O) groups is 1. The third kappa shape index (κ3) is 4.41. The van der Waals surface area contributed by atoms with Crippen molar-refractivity contribution in [2.45, 2.75) is 26.8 Å². The Balaban J connectivity index is 2.19. The third-order valence-electron chi connectivity index (χ3n) is 4.12. The normalized spacial score (nSPS) is 10.6. The van der Waals surface area contributed by atoms with Gasteiger partial charge in [0.2, 0.25) is 0 Å². The molecule has 0 heterocycles. The van der Waals surface area contributed by atoms with Crippen molar-refractivity contribution in [1.29, 1.82) is 0 Å². The molecule has 2 aromatic carbocycles. The molecule has 0 saturated heterocycles. The smallest absolute Gasteiger partial charge is 0.255 e. The predicted molar refractivity (Wildman–Crippen MR) is 107 cm³/mol. The number of methoxy groups -OCH3 is 2. The Hall–Kier alpha value is -2.40. The van der Waals surface area contributed by atoms with Gasteiger partial charge in [0.15, 0.2) is 11.5 Å². The lowest BCUT2D eigenvalue weighted by molar-refractivity contribution is 0.102. The van der Waals surface area contributed by atoms with Crippen LogP contribution in [0.5, 0.6) is 11.5 Å². The van der Waals surface area contributed by atoms with Crippen LogP contribution in [0.15, 0.2) is 36.4 Å². The van der Waals surface area contributed by atoms with Crippen molar-refractivity contribution in [3.05, 3.63) is 47.0 Å². The lowest BCUT2D eigenvalue weighted by atomic mass is 10.1. The number of rotatable bonds is 7. The van der Waals surface area contributed by atoms with Gasteiger partial charge in [-0.2, -0.15) is 0 Å². The molecule has 0 aliphatic rings. The minimum atomic E-state index is -0.267. The molecule has 1 amide bonds. The Kier molecular flexibility index (Phi) is 6.75. The minimum absolute atomic E-state index is 0.267. The van der Waals surface area contributed by atoms with E-state index in [1.807, 2.05) is 24.3 Å². The first-order valence-electron chi connectivity index (χ1n) is 8.50. The molecule has 0 radical (unpaired) electrons. The van der Waals surface area contributed by atoms with Gasteiger partial charge in [0.25, 0.3) is 5.91 Å². The van der Waals surface area contributed by atoms with Crippen LogP contribution in [0.3, 0.4) is 0 Å². The number of hydrogen-bond donors (Lipinski definition) is 1. The quantitative estimate of drug-likeness (QED) is 0.750. The number of anilines is 2. The Labute approximate surface area is 159 Å². The molecule has 2 rings (SSSR count). The second-order valence-corrected chi connectivity index (χ2v) is 6.48. The third-order valence-corrected chi connectivity index (χ3v) is 4.40. The number of benzene rings is 2. The van der Waals surface area contributed by atoms with Gasteiger partial charge in [-0.25, -0.2) is 0 Å². The Morgan fingerprint density at radius 2 is 1.81 bits per heavy atom. The maximum Gasteiger partial charge on any atom is 0.255 e. The molecule has 0 aliphatic heterocycles. The molecule has 2 aromatic rings. The number of amides is 1. The lowest BCUT2D eigenvalue weighted by Gasteiger charge is -2.27. The summed E-state index contributed by atoms with van der Waals surface area (Å²) in [7, 11) is 3.00. The van der Waals surface area contributed by atoms with E-state index in [4.69, 9.17) is 21.1 Å². The van der Waals surface area contributed by atoms with E-state index in [2.05, 4.69) is 31.0 Å². The van der Waals surface area contributed by atoms with E-state index in [9.17, 15) is 4.79 Å². The van der Waals surface area contributed by atoms with Gasteiger partial charge >= 0.3 is 0 Å². The molecule has 0 atom stereocenters. The van der Waals surface area contributed by atoms with Crippen LogP contribution in [-0.4, -0.2) is 32.7 Å². The molecule has 0 spiro atoms. The molecule has 0 aliphatic carbocycles. The first-order valence-corrected chi connectivity index (χ1v) is 8.88. The van der Waals surface area contributed by atoms with Gasteiger partial charge in [0.05, 0.1) is 19.2 Å². The van der Waals surface area contributed by atoms with Gasteiger partial charge in [-0.05, 0) is 57.2 Å². The van der Waals surface area contributed by atoms with Gasteiger partial charge in [-0.1, -0.05) is 11.6 Å². The fourth-order valence-corrected chi connectivity index (χ4v) is 3.12. The molecule has 1 N–H and O–H groups in total. The average Bonchev–Trinajstić information content (AvgIpc) is 2.62. The van der Waals surface area contributed by atoms with Gasteiger partial charge in [0, 0.05) is 29.5 Å². The van der Waals surface area contributed by atoms with Crippen molar-refractivity contribution in [3.8, 4) is 11.5 Å². The second kappa shape index (κ2) is 8.81. The van der Waals surface area contributed by atoms with E-state index in [1.165, 1.54) is 14.2 Å². The van der Waals surface area contributed by atoms with Crippen LogP contribution in [0.1, 0.15) is 31.1 Å². The topological polar surface area (TPSA) is 50.8 Å². The van der Waals surface area contributed by atoms with Crippen molar-refractivity contribution >= 4 is 28.9 Å². The zero-order chi connectivity index (χ0) is 19.3. The van der Waals surface area contributed by atoms with E-state index in [-0.39, 0.29) is 5.91 Å². The molecule has 0 fully saturated rings. The highest BCUT2D eigenvalue weighted by Gasteiger charge is 2.15. The van der Waals surface area contributed by atoms with Crippen LogP contribution < -0.4 is 19.7 Å². The van der Waals surface area contributed by atoms with Crippen molar-refractivity contribution in [1.82, 2.24) is 0 Å². The fraction of sp³-hybridized carbons (Fsp3) is 0.350. The summed E-state index contributed by atoms with van der Waals surface area (Å²) < 4.78 is 10.4. The highest BCUT2D eigenvalue weighted by atomic mass is 35.5. The summed E-state index contributed by atoms with van der Waals surface area (Å²) in [6, 6.07) is 11.4. The van der Waals surface area contributed by atoms with Crippen LogP contribution in [0.4, 0.5) is 11.4 Å². The van der Waals surface area contributed by atoms with E-state index in [0.29, 0.717) is 33.8 Å². The lowest BCUT2D eigenvalue weighted by Crippen LogP contribution is -2.30. The summed E-state index contributed by atoms with van der Waals surface area (Å²) in [5, 5.41) is 3.20. The molecule has 0 unspecified atom stereocenters. The largest absolute Gasteiger partial charge is 0.493 e. The van der Waals surface area contributed by atoms with Crippen LogP contribution in [-0.2, 0) is 0 Å². The summed E-state index contributed by atoms with van der Waals surface area (Å²) in [5.74, 6) is 0.552. The Morgan fingerprint density at radius 1 is 1.15 bits per heavy atom. The van der Waals surface area contributed by atoms with E-state index < -0.39 is 0 Å². The monoisotopic (exact) mass is 376 g/mol. The van der Waals surface area contributed by atoms with Gasteiger partial charge in [-0.3, -0.25) is 4.79 Å². The number of nitrogens with one attached hydrogen (secondary N) is 1. The molecular formula is C20H25ClN2O3. The number of ether oxygens (including phenoxy) is 2. The van der Waals surface area contributed by atoms with E-state index in [1.54, 1.807) is 12.1 Å². The number of hydrogen-bond acceptors (Lipinski definition) is 4. The average molecular weight is 377 g/mol. The first kappa shape index (κ1) is 19.9. The maximum atomic E-state index is 12.5. The van der Waals surface area contributed by atoms with Crippen LogP contribution >= 0.6 is 11.6 Å². The first-order chi connectivity index (χ1) is 12.4. The summed E-state index contributed by atoms with van der Waals surface area (Å²) in [6.07, 6.45) is 0. The number of nitrogens with zero attached hydrogens (tertiary/aromatic N) is 1. The summed E-state index contributed by atoms with van der Waals surface area (Å²) in [4.78, 5) is 14.8. The Morgan fingerprint density at radius 3 is 2.31 bits per heavy atom. The van der Waals surface area contributed by atoms with Gasteiger partial charge in [0.1, 0.15) is 0 Å². The van der Waals surface area contributed by atoms with Crippen molar-refractivity contribution in [2.24, 2.45) is 0 Å². The van der Waals surface area contributed by atoms with Crippen LogP contribution in [0, 0.1) is 0 Å². The number of carbonyl (C=O) groups excluding carboxylic acids is 1. The highest BCUT2D eigenvalue weighted by molar-refractivity contribution is 6.32. The minimum Gasteiger partial charge on any atom is -0.493 e. The molecule has 0 bridgehead atoms. The summed E-state index contributed by atoms with van der Waals surface area (Å²) in [6.45, 7) is 7.35. The Bertz CT molecular complexity index is 760. The van der Waals surface area contributed by atoms with Crippen LogP contribution in [0.2, 0.25) is 5.02 Å². The second-order valence-electron chi connectivity index (χ2n) is 6.07.